The van der Waals surface area contributed by atoms with Gasteiger partial charge < -0.3 is 19.7 Å². The molecule has 0 aliphatic rings. The Morgan fingerprint density at radius 3 is 1.64 bits per heavy atom. The molecule has 0 aromatic heterocycles. The molecule has 0 bridgehead atoms. The van der Waals surface area contributed by atoms with Crippen LogP contribution in [-0.4, -0.2) is 73.4 Å². The van der Waals surface area contributed by atoms with Crippen LogP contribution in [0.4, 0.5) is 21.0 Å². The van der Waals surface area contributed by atoms with Crippen LogP contribution in [0, 0.1) is 0 Å². The van der Waals surface area contributed by atoms with Crippen LogP contribution in [0.5, 0.6) is 0 Å². The number of carbonyl (C=O) groups is 2. The van der Waals surface area contributed by atoms with Crippen molar-refractivity contribution in [3.63, 3.8) is 0 Å². The predicted molar refractivity (Wildman–Crippen MR) is 127 cm³/mol. The summed E-state index contributed by atoms with van der Waals surface area (Å²) in [7, 11) is 0. The van der Waals surface area contributed by atoms with Gasteiger partial charge in [0.15, 0.2) is 0 Å². The lowest BCUT2D eigenvalue weighted by molar-refractivity contribution is 0.117. The molecule has 0 radical (unpaired) electrons. The molecule has 9 nitrogen and oxygen atoms in total. The zero-order valence-corrected chi connectivity index (χ0v) is 19.0. The standard InChI is InChI=1S/C24H33N3O6/c1-2-16-32-23(30)25-21-7-3-19(4-8-21)18-20-5-9-22(10-6-20)26-24(31)33-17-13-27(11-14-28)12-15-29/h3-10,28-29H,2,11-18H2,1H3,(H,25,30)(H,26,31). The van der Waals surface area contributed by atoms with Gasteiger partial charge in [0.05, 0.1) is 19.8 Å². The predicted octanol–water partition coefficient (Wildman–Crippen LogP) is 3.07. The number of rotatable bonds is 13. The molecule has 0 fully saturated rings. The van der Waals surface area contributed by atoms with E-state index in [0.29, 0.717) is 44.0 Å². The molecule has 0 spiro atoms. The van der Waals surface area contributed by atoms with E-state index in [1.54, 1.807) is 12.1 Å². The summed E-state index contributed by atoms with van der Waals surface area (Å²) in [5.41, 5.74) is 3.45. The number of aliphatic hydroxyl groups excluding tert-OH is 2. The summed E-state index contributed by atoms with van der Waals surface area (Å²) in [5, 5.41) is 23.3. The highest BCUT2D eigenvalue weighted by Crippen LogP contribution is 2.16. The van der Waals surface area contributed by atoms with Gasteiger partial charge in [-0.15, -0.1) is 0 Å². The molecular formula is C24H33N3O6. The first kappa shape index (κ1) is 26.1. The Morgan fingerprint density at radius 2 is 1.21 bits per heavy atom. The van der Waals surface area contributed by atoms with Crippen LogP contribution in [0.3, 0.4) is 0 Å². The molecule has 2 aromatic carbocycles. The van der Waals surface area contributed by atoms with Gasteiger partial charge in [-0.1, -0.05) is 31.2 Å². The maximum Gasteiger partial charge on any atom is 0.411 e. The maximum absolute atomic E-state index is 12.0. The lowest BCUT2D eigenvalue weighted by Crippen LogP contribution is -2.33. The number of amides is 2. The molecule has 33 heavy (non-hydrogen) atoms. The second-order valence-electron chi connectivity index (χ2n) is 7.38. The van der Waals surface area contributed by atoms with Gasteiger partial charge in [-0.25, -0.2) is 9.59 Å². The van der Waals surface area contributed by atoms with Crippen molar-refractivity contribution in [2.45, 2.75) is 19.8 Å². The number of nitrogens with one attached hydrogen (secondary N) is 2. The summed E-state index contributed by atoms with van der Waals surface area (Å²) in [6, 6.07) is 15.0. The van der Waals surface area contributed by atoms with E-state index in [-0.39, 0.29) is 19.8 Å². The van der Waals surface area contributed by atoms with Crippen LogP contribution in [0.1, 0.15) is 24.5 Å². The Balaban J connectivity index is 1.77. The number of carbonyl (C=O) groups excluding carboxylic acids is 2. The van der Waals surface area contributed by atoms with Crippen molar-refractivity contribution >= 4 is 23.6 Å². The third-order valence-electron chi connectivity index (χ3n) is 4.72. The van der Waals surface area contributed by atoms with E-state index in [9.17, 15) is 9.59 Å². The Labute approximate surface area is 194 Å². The van der Waals surface area contributed by atoms with Crippen LogP contribution in [0.25, 0.3) is 0 Å². The summed E-state index contributed by atoms with van der Waals surface area (Å²) in [4.78, 5) is 25.4. The van der Waals surface area contributed by atoms with Crippen LogP contribution in [-0.2, 0) is 15.9 Å². The lowest BCUT2D eigenvalue weighted by Gasteiger charge is -2.19. The Morgan fingerprint density at radius 1 is 0.758 bits per heavy atom. The van der Waals surface area contributed by atoms with Crippen molar-refractivity contribution in [2.24, 2.45) is 0 Å². The van der Waals surface area contributed by atoms with E-state index in [0.717, 1.165) is 17.5 Å². The normalized spacial score (nSPS) is 10.7. The SMILES string of the molecule is CCCOC(=O)Nc1ccc(Cc2ccc(NC(=O)OCCN(CCO)CCO)cc2)cc1. The second-order valence-corrected chi connectivity index (χ2v) is 7.38. The van der Waals surface area contributed by atoms with Gasteiger partial charge in [0.2, 0.25) is 0 Å². The van der Waals surface area contributed by atoms with Gasteiger partial charge in [0.1, 0.15) is 6.61 Å². The van der Waals surface area contributed by atoms with Crippen molar-refractivity contribution in [1.29, 1.82) is 0 Å². The van der Waals surface area contributed by atoms with E-state index in [2.05, 4.69) is 10.6 Å². The highest BCUT2D eigenvalue weighted by atomic mass is 16.6. The maximum atomic E-state index is 12.0. The number of anilines is 2. The molecule has 2 aromatic rings. The van der Waals surface area contributed by atoms with Crippen molar-refractivity contribution in [1.82, 2.24) is 4.90 Å². The van der Waals surface area contributed by atoms with E-state index >= 15 is 0 Å². The zero-order chi connectivity index (χ0) is 23.9. The first-order valence-corrected chi connectivity index (χ1v) is 11.0. The Hall–Kier alpha value is -3.14. The third-order valence-corrected chi connectivity index (χ3v) is 4.72. The highest BCUT2D eigenvalue weighted by Gasteiger charge is 2.08. The third kappa shape index (κ3) is 10.3. The minimum Gasteiger partial charge on any atom is -0.449 e. The molecule has 0 saturated carbocycles. The van der Waals surface area contributed by atoms with Gasteiger partial charge in [0.25, 0.3) is 0 Å². The summed E-state index contributed by atoms with van der Waals surface area (Å²) in [5.74, 6) is 0. The Kier molecular flexibility index (Phi) is 11.7. The molecule has 2 amide bonds. The van der Waals surface area contributed by atoms with E-state index in [4.69, 9.17) is 19.7 Å². The summed E-state index contributed by atoms with van der Waals surface area (Å²) in [6.07, 6.45) is 0.462. The van der Waals surface area contributed by atoms with E-state index < -0.39 is 12.2 Å². The minimum absolute atomic E-state index is 0.0206. The second kappa shape index (κ2) is 14.8. The molecular weight excluding hydrogens is 426 g/mol. The molecule has 4 N–H and O–H groups in total. The molecule has 0 atom stereocenters. The summed E-state index contributed by atoms with van der Waals surface area (Å²) < 4.78 is 10.2. The fourth-order valence-electron chi connectivity index (χ4n) is 3.04. The van der Waals surface area contributed by atoms with Crippen LogP contribution in [0.15, 0.2) is 48.5 Å². The summed E-state index contributed by atoms with van der Waals surface area (Å²) in [6.45, 7) is 3.70. The number of benzene rings is 2. The van der Waals surface area contributed by atoms with Crippen molar-refractivity contribution in [2.75, 3.05) is 56.7 Å². The number of aliphatic hydroxyl groups is 2. The van der Waals surface area contributed by atoms with E-state index in [1.807, 2.05) is 48.2 Å². The zero-order valence-electron chi connectivity index (χ0n) is 19.0. The molecule has 0 heterocycles. The average molecular weight is 460 g/mol. The van der Waals surface area contributed by atoms with Gasteiger partial charge in [0, 0.05) is 31.0 Å². The topological polar surface area (TPSA) is 120 Å². The molecule has 0 aliphatic carbocycles. The number of ether oxygens (including phenoxy) is 2. The molecule has 0 unspecified atom stereocenters. The lowest BCUT2D eigenvalue weighted by atomic mass is 10.0. The van der Waals surface area contributed by atoms with Crippen LogP contribution >= 0.6 is 0 Å². The molecule has 180 valence electrons. The average Bonchev–Trinajstić information content (AvgIpc) is 2.80. The van der Waals surface area contributed by atoms with Crippen LogP contribution in [0.2, 0.25) is 0 Å². The monoisotopic (exact) mass is 459 g/mol. The molecule has 9 heteroatoms. The van der Waals surface area contributed by atoms with E-state index in [1.165, 1.54) is 0 Å². The quantitative estimate of drug-likeness (QED) is 0.363. The largest absolute Gasteiger partial charge is 0.449 e. The van der Waals surface area contributed by atoms with Crippen molar-refractivity contribution in [3.05, 3.63) is 59.7 Å². The first-order valence-electron chi connectivity index (χ1n) is 11.0. The molecule has 2 rings (SSSR count). The minimum atomic E-state index is -0.559. The highest BCUT2D eigenvalue weighted by molar-refractivity contribution is 5.85. The van der Waals surface area contributed by atoms with Gasteiger partial charge >= 0.3 is 12.2 Å². The van der Waals surface area contributed by atoms with Crippen molar-refractivity contribution < 1.29 is 29.3 Å². The number of hydrogen-bond acceptors (Lipinski definition) is 7. The first-order chi connectivity index (χ1) is 16.0. The smallest absolute Gasteiger partial charge is 0.411 e. The molecule has 0 saturated heterocycles. The Bertz CT molecular complexity index is 836. The van der Waals surface area contributed by atoms with Crippen LogP contribution < -0.4 is 10.6 Å². The fourth-order valence-corrected chi connectivity index (χ4v) is 3.04. The number of hydrogen-bond donors (Lipinski definition) is 4. The molecule has 0 aliphatic heterocycles. The van der Waals surface area contributed by atoms with Gasteiger partial charge in [-0.05, 0) is 48.2 Å². The van der Waals surface area contributed by atoms with Gasteiger partial charge in [-0.3, -0.25) is 15.5 Å². The van der Waals surface area contributed by atoms with Gasteiger partial charge in [-0.2, -0.15) is 0 Å². The fraction of sp³-hybridized carbons (Fsp3) is 0.417. The van der Waals surface area contributed by atoms with Crippen molar-refractivity contribution in [3.8, 4) is 0 Å². The summed E-state index contributed by atoms with van der Waals surface area (Å²) >= 11 is 0. The number of nitrogens with zero attached hydrogens (tertiary/aromatic N) is 1.